The maximum atomic E-state index is 13.6. The summed E-state index contributed by atoms with van der Waals surface area (Å²) in [5.74, 6) is -0.469. The van der Waals surface area contributed by atoms with E-state index >= 15 is 0 Å². The monoisotopic (exact) mass is 612 g/mol. The number of anilines is 1. The number of thiazole rings is 1. The lowest BCUT2D eigenvalue weighted by molar-refractivity contribution is -0.137. The number of carbonyl (C=O) groups is 1. The Morgan fingerprint density at radius 3 is 2.42 bits per heavy atom. The first-order chi connectivity index (χ1) is 20.7. The van der Waals surface area contributed by atoms with Crippen LogP contribution in [-0.2, 0) is 23.1 Å². The molecule has 1 aliphatic carbocycles. The molecule has 0 atom stereocenters. The van der Waals surface area contributed by atoms with Crippen molar-refractivity contribution in [1.29, 1.82) is 0 Å². The van der Waals surface area contributed by atoms with Gasteiger partial charge in [0.05, 0.1) is 43.1 Å². The number of halogens is 3. The van der Waals surface area contributed by atoms with Crippen molar-refractivity contribution in [2.24, 2.45) is 0 Å². The van der Waals surface area contributed by atoms with Gasteiger partial charge in [-0.05, 0) is 49.4 Å². The molecule has 43 heavy (non-hydrogen) atoms. The molecule has 2 aliphatic rings. The van der Waals surface area contributed by atoms with E-state index in [4.69, 9.17) is 18.9 Å². The van der Waals surface area contributed by atoms with Gasteiger partial charge >= 0.3 is 6.18 Å². The Morgan fingerprint density at radius 2 is 1.77 bits per heavy atom. The maximum Gasteiger partial charge on any atom is 0.416 e. The van der Waals surface area contributed by atoms with Crippen molar-refractivity contribution in [2.45, 2.75) is 50.2 Å². The summed E-state index contributed by atoms with van der Waals surface area (Å²) in [6.45, 7) is 0.468. The number of nitrogens with one attached hydrogen (secondary N) is 1. The minimum atomic E-state index is -4.54. The van der Waals surface area contributed by atoms with Gasteiger partial charge in [-0.1, -0.05) is 41.7 Å². The summed E-state index contributed by atoms with van der Waals surface area (Å²) in [5.41, 5.74) is 0.209. The maximum absolute atomic E-state index is 13.6. The Kier molecular flexibility index (Phi) is 7.69. The highest BCUT2D eigenvalue weighted by atomic mass is 32.1. The molecule has 1 aliphatic heterocycles. The second-order valence-electron chi connectivity index (χ2n) is 10.2. The minimum Gasteiger partial charge on any atom is -0.481 e. The number of fused-ring (bicyclic) bond motifs is 4. The molecule has 2 aromatic heterocycles. The first-order valence-corrected chi connectivity index (χ1v) is 14.3. The average molecular weight is 613 g/mol. The third-order valence-electron chi connectivity index (χ3n) is 7.59. The van der Waals surface area contributed by atoms with Crippen molar-refractivity contribution >= 4 is 22.4 Å². The summed E-state index contributed by atoms with van der Waals surface area (Å²) in [7, 11) is 2.74. The van der Waals surface area contributed by atoms with Crippen LogP contribution in [0.2, 0.25) is 0 Å². The zero-order chi connectivity index (χ0) is 30.2. The van der Waals surface area contributed by atoms with E-state index in [9.17, 15) is 18.0 Å². The van der Waals surface area contributed by atoms with E-state index < -0.39 is 23.2 Å². The van der Waals surface area contributed by atoms with Gasteiger partial charge in [0, 0.05) is 5.56 Å². The smallest absolute Gasteiger partial charge is 0.416 e. The van der Waals surface area contributed by atoms with E-state index in [1.807, 2.05) is 30.3 Å². The van der Waals surface area contributed by atoms with Crippen LogP contribution >= 0.6 is 11.3 Å². The number of hydrogen-bond donors (Lipinski definition) is 1. The number of hydrogen-bond acceptors (Lipinski definition) is 9. The molecule has 0 radical (unpaired) electrons. The summed E-state index contributed by atoms with van der Waals surface area (Å²) in [5, 5.41) is 3.01. The van der Waals surface area contributed by atoms with E-state index in [1.165, 1.54) is 38.0 Å². The molecule has 1 fully saturated rings. The summed E-state index contributed by atoms with van der Waals surface area (Å²) in [6.07, 6.45) is -1.09. The summed E-state index contributed by atoms with van der Waals surface area (Å²) < 4.78 is 64.0. The molecule has 2 aromatic carbocycles. The molecule has 3 heterocycles. The molecule has 0 saturated heterocycles. The third kappa shape index (κ3) is 5.62. The first kappa shape index (κ1) is 28.9. The van der Waals surface area contributed by atoms with Crippen LogP contribution in [0.4, 0.5) is 18.3 Å². The van der Waals surface area contributed by atoms with Crippen LogP contribution in [0, 0.1) is 0 Å². The molecule has 6 rings (SSSR count). The Hall–Kier alpha value is -4.23. The zero-order valence-corrected chi connectivity index (χ0v) is 24.1. The molecular weight excluding hydrogens is 585 g/mol. The fourth-order valence-corrected chi connectivity index (χ4v) is 6.62. The standard InChI is InChI=1S/C30H27F3N4O5S/c1-39-26-22(27(40-2)35-16-34-26)25(38)37-28-36-23-20-9-8-18(30(31,32)33)14-21(20)42-29(24(23)43-28)12-10-19(11-13-29)41-15-17-6-4-3-5-7-17/h3-9,14,16,19H,10-13,15H2,1-2H3,(H,36,37,38). The Bertz CT molecular complexity index is 1620. The normalized spacial score (nSPS) is 19.2. The molecule has 224 valence electrons. The van der Waals surface area contributed by atoms with Crippen LogP contribution in [0.25, 0.3) is 11.3 Å². The van der Waals surface area contributed by atoms with Gasteiger partial charge in [-0.2, -0.15) is 13.2 Å². The summed E-state index contributed by atoms with van der Waals surface area (Å²) in [4.78, 5) is 26.7. The van der Waals surface area contributed by atoms with Crippen molar-refractivity contribution in [3.05, 3.63) is 76.4 Å². The molecule has 1 spiro atoms. The Balaban J connectivity index is 1.31. The Morgan fingerprint density at radius 1 is 1.07 bits per heavy atom. The van der Waals surface area contributed by atoms with Gasteiger partial charge in [0.25, 0.3) is 5.91 Å². The molecule has 4 aromatic rings. The van der Waals surface area contributed by atoms with Gasteiger partial charge in [0.15, 0.2) is 10.7 Å². The van der Waals surface area contributed by atoms with Crippen molar-refractivity contribution in [3.8, 4) is 28.8 Å². The van der Waals surface area contributed by atoms with Crippen LogP contribution in [0.5, 0.6) is 17.5 Å². The van der Waals surface area contributed by atoms with Crippen molar-refractivity contribution < 1.29 is 36.9 Å². The average Bonchev–Trinajstić information content (AvgIpc) is 3.45. The predicted molar refractivity (Wildman–Crippen MR) is 151 cm³/mol. The number of benzene rings is 2. The fourth-order valence-electron chi connectivity index (χ4n) is 5.46. The van der Waals surface area contributed by atoms with Gasteiger partial charge in [-0.3, -0.25) is 10.1 Å². The summed E-state index contributed by atoms with van der Waals surface area (Å²) >= 11 is 1.22. The SMILES string of the molecule is COc1ncnc(OC)c1C(=O)Nc1nc2c(s1)C1(CCC(OCc3ccccc3)CC1)Oc1cc(C(F)(F)F)ccc1-2. The number of carbonyl (C=O) groups excluding carboxylic acids is 1. The number of alkyl halides is 3. The topological polar surface area (TPSA) is 105 Å². The fraction of sp³-hybridized carbons (Fsp3) is 0.333. The van der Waals surface area contributed by atoms with Crippen molar-refractivity contribution in [1.82, 2.24) is 15.0 Å². The predicted octanol–water partition coefficient (Wildman–Crippen LogP) is 6.64. The summed E-state index contributed by atoms with van der Waals surface area (Å²) in [6, 6.07) is 13.2. The lowest BCUT2D eigenvalue weighted by Gasteiger charge is -2.42. The zero-order valence-electron chi connectivity index (χ0n) is 23.2. The molecule has 1 saturated carbocycles. The number of nitrogens with zero attached hydrogens (tertiary/aromatic N) is 3. The van der Waals surface area contributed by atoms with Gasteiger partial charge in [-0.15, -0.1) is 0 Å². The Labute approximate surface area is 249 Å². The van der Waals surface area contributed by atoms with Gasteiger partial charge < -0.3 is 18.9 Å². The molecule has 13 heteroatoms. The second-order valence-corrected chi connectivity index (χ2v) is 11.2. The highest BCUT2D eigenvalue weighted by Gasteiger charge is 2.47. The quantitative estimate of drug-likeness (QED) is 0.248. The molecule has 1 amide bonds. The van der Waals surface area contributed by atoms with Crippen LogP contribution in [0.15, 0.2) is 54.9 Å². The first-order valence-electron chi connectivity index (χ1n) is 13.5. The number of aromatic nitrogens is 3. The van der Waals surface area contributed by atoms with E-state index in [0.29, 0.717) is 43.5 Å². The lowest BCUT2D eigenvalue weighted by atomic mass is 9.79. The highest BCUT2D eigenvalue weighted by Crippen LogP contribution is 2.55. The number of amides is 1. The number of ether oxygens (including phenoxy) is 4. The van der Waals surface area contributed by atoms with Crippen LogP contribution < -0.4 is 19.5 Å². The van der Waals surface area contributed by atoms with E-state index in [2.05, 4.69) is 20.3 Å². The van der Waals surface area contributed by atoms with Crippen LogP contribution in [0.3, 0.4) is 0 Å². The van der Waals surface area contributed by atoms with Gasteiger partial charge in [0.1, 0.15) is 17.7 Å². The highest BCUT2D eigenvalue weighted by molar-refractivity contribution is 7.16. The lowest BCUT2D eigenvalue weighted by Crippen LogP contribution is -2.40. The molecule has 0 bridgehead atoms. The van der Waals surface area contributed by atoms with E-state index in [-0.39, 0.29) is 34.3 Å². The molecule has 0 unspecified atom stereocenters. The second kappa shape index (κ2) is 11.5. The largest absolute Gasteiger partial charge is 0.481 e. The minimum absolute atomic E-state index is 0.0158. The van der Waals surface area contributed by atoms with Crippen molar-refractivity contribution in [2.75, 3.05) is 19.5 Å². The third-order valence-corrected chi connectivity index (χ3v) is 8.75. The van der Waals surface area contributed by atoms with Crippen LogP contribution in [0.1, 0.15) is 52.0 Å². The van der Waals surface area contributed by atoms with Crippen LogP contribution in [-0.4, -0.2) is 41.2 Å². The number of rotatable bonds is 7. The van der Waals surface area contributed by atoms with Crippen molar-refractivity contribution in [3.63, 3.8) is 0 Å². The molecule has 9 nitrogen and oxygen atoms in total. The van der Waals surface area contributed by atoms with E-state index in [0.717, 1.165) is 22.6 Å². The number of methoxy groups -OCH3 is 2. The van der Waals surface area contributed by atoms with E-state index in [1.54, 1.807) is 0 Å². The molecular formula is C30H27F3N4O5S. The van der Waals surface area contributed by atoms with Gasteiger partial charge in [-0.25, -0.2) is 15.0 Å². The van der Waals surface area contributed by atoms with Gasteiger partial charge in [0.2, 0.25) is 11.8 Å². The molecule has 1 N–H and O–H groups in total.